The lowest BCUT2D eigenvalue weighted by atomic mass is 10.0. The van der Waals surface area contributed by atoms with Crippen molar-refractivity contribution >= 4 is 5.91 Å². The van der Waals surface area contributed by atoms with Crippen LogP contribution in [0.5, 0.6) is 0 Å². The van der Waals surface area contributed by atoms with E-state index in [-0.39, 0.29) is 30.4 Å². The van der Waals surface area contributed by atoms with Crippen molar-refractivity contribution in [1.82, 2.24) is 14.7 Å². The number of carbonyl (C=O) groups excluding carboxylic acids is 1. The van der Waals surface area contributed by atoms with Crippen molar-refractivity contribution in [3.63, 3.8) is 0 Å². The van der Waals surface area contributed by atoms with E-state index >= 15 is 0 Å². The number of β-amino-alcohol motifs (C(OH)–C–C–N with tert-alkyl or cyclic N) is 1. The number of nitrogens with zero attached hydrogens (tertiary/aromatic N) is 3. The van der Waals surface area contributed by atoms with Gasteiger partial charge in [-0.1, -0.05) is 12.1 Å². The van der Waals surface area contributed by atoms with E-state index < -0.39 is 6.10 Å². The predicted octanol–water partition coefficient (Wildman–Crippen LogP) is 2.55. The zero-order chi connectivity index (χ0) is 16.6. The zero-order valence-electron chi connectivity index (χ0n) is 13.2. The smallest absolute Gasteiger partial charge is 0.274 e. The maximum atomic E-state index is 13.1. The minimum absolute atomic E-state index is 0.175. The summed E-state index contributed by atoms with van der Waals surface area (Å²) in [5.74, 6) is -0.531. The summed E-state index contributed by atoms with van der Waals surface area (Å²) < 4.78 is 14.8. The van der Waals surface area contributed by atoms with Crippen LogP contribution in [0.4, 0.5) is 4.39 Å². The lowest BCUT2D eigenvalue weighted by Crippen LogP contribution is -2.32. The van der Waals surface area contributed by atoms with E-state index in [0.717, 1.165) is 5.56 Å². The highest BCUT2D eigenvalue weighted by molar-refractivity contribution is 5.92. The molecule has 1 aromatic carbocycles. The molecule has 1 aliphatic heterocycles. The van der Waals surface area contributed by atoms with E-state index in [2.05, 4.69) is 5.10 Å². The molecule has 6 heteroatoms. The van der Waals surface area contributed by atoms with Crippen LogP contribution in [0.1, 0.15) is 48.4 Å². The van der Waals surface area contributed by atoms with Gasteiger partial charge in [0.1, 0.15) is 11.5 Å². The number of aromatic nitrogens is 2. The SMILES string of the molecule is CC(C)n1ccc(C(=O)N2CC(O)CC2c2ccc(F)cc2)n1. The Hall–Kier alpha value is -2.21. The summed E-state index contributed by atoms with van der Waals surface area (Å²) >= 11 is 0. The summed E-state index contributed by atoms with van der Waals surface area (Å²) in [6.45, 7) is 4.24. The fourth-order valence-corrected chi connectivity index (χ4v) is 2.93. The van der Waals surface area contributed by atoms with Gasteiger partial charge in [0.05, 0.1) is 12.1 Å². The zero-order valence-corrected chi connectivity index (χ0v) is 13.2. The average molecular weight is 317 g/mol. The fraction of sp³-hybridized carbons (Fsp3) is 0.412. The molecule has 23 heavy (non-hydrogen) atoms. The van der Waals surface area contributed by atoms with Crippen LogP contribution in [0.2, 0.25) is 0 Å². The fourth-order valence-electron chi connectivity index (χ4n) is 2.93. The van der Waals surface area contributed by atoms with Gasteiger partial charge in [-0.15, -0.1) is 0 Å². The van der Waals surface area contributed by atoms with Gasteiger partial charge in [-0.05, 0) is 44.0 Å². The summed E-state index contributed by atoms with van der Waals surface area (Å²) in [7, 11) is 0. The molecule has 0 aliphatic carbocycles. The van der Waals surface area contributed by atoms with Crippen LogP contribution < -0.4 is 0 Å². The van der Waals surface area contributed by atoms with Crippen molar-refractivity contribution in [3.05, 3.63) is 53.6 Å². The third kappa shape index (κ3) is 3.12. The highest BCUT2D eigenvalue weighted by atomic mass is 19.1. The molecular formula is C17H20FN3O2. The van der Waals surface area contributed by atoms with Crippen molar-refractivity contribution in [2.24, 2.45) is 0 Å². The molecule has 0 bridgehead atoms. The lowest BCUT2D eigenvalue weighted by molar-refractivity contribution is 0.0708. The van der Waals surface area contributed by atoms with Crippen molar-refractivity contribution < 1.29 is 14.3 Å². The Balaban J connectivity index is 1.86. The summed E-state index contributed by atoms with van der Waals surface area (Å²) in [5.41, 5.74) is 1.18. The number of aliphatic hydroxyl groups excluding tert-OH is 1. The molecule has 1 saturated heterocycles. The Kier molecular flexibility index (Phi) is 4.17. The second-order valence-corrected chi connectivity index (χ2v) is 6.19. The van der Waals surface area contributed by atoms with Crippen LogP contribution in [-0.2, 0) is 0 Å². The van der Waals surface area contributed by atoms with Crippen LogP contribution in [0.3, 0.4) is 0 Å². The molecule has 1 amide bonds. The largest absolute Gasteiger partial charge is 0.391 e. The van der Waals surface area contributed by atoms with Gasteiger partial charge in [-0.25, -0.2) is 4.39 Å². The van der Waals surface area contributed by atoms with Crippen molar-refractivity contribution in [2.45, 2.75) is 38.5 Å². The second-order valence-electron chi connectivity index (χ2n) is 6.19. The Morgan fingerprint density at radius 3 is 2.61 bits per heavy atom. The maximum Gasteiger partial charge on any atom is 0.274 e. The number of rotatable bonds is 3. The standard InChI is InChI=1S/C17H20FN3O2/c1-11(2)21-8-7-15(19-21)17(23)20-10-14(22)9-16(20)12-3-5-13(18)6-4-12/h3-8,11,14,16,22H,9-10H2,1-2H3. The molecule has 1 aromatic heterocycles. The van der Waals surface area contributed by atoms with Gasteiger partial charge in [0.25, 0.3) is 5.91 Å². The van der Waals surface area contributed by atoms with Crippen molar-refractivity contribution in [3.8, 4) is 0 Å². The summed E-state index contributed by atoms with van der Waals surface area (Å²) in [6.07, 6.45) is 1.64. The average Bonchev–Trinajstić information content (AvgIpc) is 3.14. The van der Waals surface area contributed by atoms with E-state index in [1.807, 2.05) is 13.8 Å². The Morgan fingerprint density at radius 1 is 1.30 bits per heavy atom. The molecule has 5 nitrogen and oxygen atoms in total. The molecule has 0 radical (unpaired) electrons. The first-order valence-electron chi connectivity index (χ1n) is 7.75. The highest BCUT2D eigenvalue weighted by Crippen LogP contribution is 2.33. The number of amides is 1. The van der Waals surface area contributed by atoms with Gasteiger partial charge in [-0.3, -0.25) is 9.48 Å². The van der Waals surface area contributed by atoms with Crippen molar-refractivity contribution in [2.75, 3.05) is 6.54 Å². The molecule has 122 valence electrons. The molecule has 1 fully saturated rings. The topological polar surface area (TPSA) is 58.4 Å². The van der Waals surface area contributed by atoms with Gasteiger partial charge in [0, 0.05) is 18.8 Å². The molecule has 3 rings (SSSR count). The van der Waals surface area contributed by atoms with Crippen LogP contribution in [0, 0.1) is 5.82 Å². The molecule has 0 saturated carbocycles. The van der Waals surface area contributed by atoms with Gasteiger partial charge in [0.2, 0.25) is 0 Å². The molecule has 2 aromatic rings. The lowest BCUT2D eigenvalue weighted by Gasteiger charge is -2.24. The second kappa shape index (κ2) is 6.12. The Bertz CT molecular complexity index is 696. The van der Waals surface area contributed by atoms with Gasteiger partial charge < -0.3 is 10.0 Å². The third-order valence-electron chi connectivity index (χ3n) is 4.15. The Labute approximate surface area is 134 Å². The van der Waals surface area contributed by atoms with Crippen LogP contribution in [-0.4, -0.2) is 38.3 Å². The first-order chi connectivity index (χ1) is 11.0. The number of aliphatic hydroxyl groups is 1. The third-order valence-corrected chi connectivity index (χ3v) is 4.15. The van der Waals surface area contributed by atoms with Gasteiger partial charge in [0.15, 0.2) is 0 Å². The van der Waals surface area contributed by atoms with E-state index in [0.29, 0.717) is 12.1 Å². The first-order valence-corrected chi connectivity index (χ1v) is 7.75. The van der Waals surface area contributed by atoms with Crippen LogP contribution >= 0.6 is 0 Å². The number of hydrogen-bond acceptors (Lipinski definition) is 3. The molecule has 2 unspecified atom stereocenters. The quantitative estimate of drug-likeness (QED) is 0.946. The van der Waals surface area contributed by atoms with Crippen LogP contribution in [0.15, 0.2) is 36.5 Å². The molecule has 0 spiro atoms. The summed E-state index contributed by atoms with van der Waals surface area (Å²) in [4.78, 5) is 14.4. The number of likely N-dealkylation sites (tertiary alicyclic amines) is 1. The minimum atomic E-state index is -0.582. The predicted molar refractivity (Wildman–Crippen MR) is 83.4 cm³/mol. The molecular weight excluding hydrogens is 297 g/mol. The summed E-state index contributed by atoms with van der Waals surface area (Å²) in [5, 5.41) is 14.3. The number of benzene rings is 1. The normalized spacial score (nSPS) is 21.2. The maximum absolute atomic E-state index is 13.1. The van der Waals surface area contributed by atoms with E-state index in [1.165, 1.54) is 12.1 Å². The van der Waals surface area contributed by atoms with E-state index in [1.54, 1.807) is 34.0 Å². The van der Waals surface area contributed by atoms with E-state index in [9.17, 15) is 14.3 Å². The highest BCUT2D eigenvalue weighted by Gasteiger charge is 2.36. The minimum Gasteiger partial charge on any atom is -0.391 e. The molecule has 1 N–H and O–H groups in total. The summed E-state index contributed by atoms with van der Waals surface area (Å²) in [6, 6.07) is 7.66. The van der Waals surface area contributed by atoms with Gasteiger partial charge in [-0.2, -0.15) is 5.10 Å². The van der Waals surface area contributed by atoms with E-state index in [4.69, 9.17) is 0 Å². The van der Waals surface area contributed by atoms with Crippen molar-refractivity contribution in [1.29, 1.82) is 0 Å². The number of carbonyl (C=O) groups is 1. The Morgan fingerprint density at radius 2 is 2.00 bits per heavy atom. The first kappa shape index (κ1) is 15.7. The number of halogens is 1. The van der Waals surface area contributed by atoms with Gasteiger partial charge >= 0.3 is 0 Å². The van der Waals surface area contributed by atoms with Crippen LogP contribution in [0.25, 0.3) is 0 Å². The number of hydrogen-bond donors (Lipinski definition) is 1. The monoisotopic (exact) mass is 317 g/mol. The molecule has 1 aliphatic rings. The molecule has 2 atom stereocenters. The molecule has 2 heterocycles.